The Hall–Kier alpha value is -1.07. The van der Waals surface area contributed by atoms with Gasteiger partial charge < -0.3 is 15.7 Å². The van der Waals surface area contributed by atoms with E-state index in [1.165, 1.54) is 0 Å². The molecule has 3 N–H and O–H groups in total. The number of halogens is 1. The van der Waals surface area contributed by atoms with Gasteiger partial charge in [0.05, 0.1) is 12.3 Å². The molecule has 1 atom stereocenters. The van der Waals surface area contributed by atoms with Crippen LogP contribution in [0.25, 0.3) is 0 Å². The average Bonchev–Trinajstić information content (AvgIpc) is 2.77. The Morgan fingerprint density at radius 1 is 1.59 bits per heavy atom. The lowest BCUT2D eigenvalue weighted by Crippen LogP contribution is -2.40. The molecule has 1 aromatic carbocycles. The van der Waals surface area contributed by atoms with Gasteiger partial charge in [-0.25, -0.2) is 0 Å². The number of nitrogens with two attached hydrogens (primary N) is 1. The molecule has 0 aliphatic carbocycles. The first-order valence-corrected chi connectivity index (χ1v) is 6.38. The van der Waals surface area contributed by atoms with E-state index in [1.807, 2.05) is 23.1 Å². The summed E-state index contributed by atoms with van der Waals surface area (Å²) in [7, 11) is 0. The maximum Gasteiger partial charge on any atom is 0.240 e. The number of aliphatic hydroxyl groups is 1. The van der Waals surface area contributed by atoms with Crippen molar-refractivity contribution in [2.45, 2.75) is 25.5 Å². The first kappa shape index (κ1) is 12.4. The largest absolute Gasteiger partial charge is 0.392 e. The first-order valence-electron chi connectivity index (χ1n) is 5.58. The SMILES string of the molecule is NC(=O)C1CCCN1c1ccc(CO)cc1Br. The summed E-state index contributed by atoms with van der Waals surface area (Å²) in [5.41, 5.74) is 7.20. The Morgan fingerprint density at radius 2 is 2.35 bits per heavy atom. The first-order chi connectivity index (χ1) is 8.13. The van der Waals surface area contributed by atoms with Gasteiger partial charge in [0.1, 0.15) is 6.04 Å². The zero-order valence-electron chi connectivity index (χ0n) is 9.40. The van der Waals surface area contributed by atoms with Crippen molar-refractivity contribution in [1.29, 1.82) is 0 Å². The van der Waals surface area contributed by atoms with Crippen molar-refractivity contribution < 1.29 is 9.90 Å². The highest BCUT2D eigenvalue weighted by Gasteiger charge is 2.30. The Bertz CT molecular complexity index is 437. The number of rotatable bonds is 3. The molecule has 1 unspecified atom stereocenters. The molecule has 1 aliphatic rings. The van der Waals surface area contributed by atoms with Crippen molar-refractivity contribution in [3.8, 4) is 0 Å². The molecule has 1 aliphatic heterocycles. The van der Waals surface area contributed by atoms with Crippen molar-refractivity contribution in [2.75, 3.05) is 11.4 Å². The van der Waals surface area contributed by atoms with Gasteiger partial charge in [-0.1, -0.05) is 6.07 Å². The van der Waals surface area contributed by atoms with E-state index in [0.717, 1.165) is 35.1 Å². The second-order valence-corrected chi connectivity index (χ2v) is 5.05. The summed E-state index contributed by atoms with van der Waals surface area (Å²) in [6.07, 6.45) is 1.78. The van der Waals surface area contributed by atoms with Gasteiger partial charge in [-0.3, -0.25) is 4.79 Å². The minimum atomic E-state index is -0.277. The van der Waals surface area contributed by atoms with E-state index >= 15 is 0 Å². The Kier molecular flexibility index (Phi) is 3.69. The molecule has 0 bridgehead atoms. The third-order valence-corrected chi connectivity index (χ3v) is 3.72. The summed E-state index contributed by atoms with van der Waals surface area (Å²) in [5, 5.41) is 9.05. The number of carbonyl (C=O) groups excluding carboxylic acids is 1. The van der Waals surface area contributed by atoms with E-state index in [4.69, 9.17) is 10.8 Å². The van der Waals surface area contributed by atoms with Gasteiger partial charge >= 0.3 is 0 Å². The monoisotopic (exact) mass is 298 g/mol. The molecule has 0 saturated carbocycles. The third-order valence-electron chi connectivity index (χ3n) is 3.09. The molecule has 5 heteroatoms. The van der Waals surface area contributed by atoms with E-state index in [9.17, 15) is 4.79 Å². The lowest BCUT2D eigenvalue weighted by molar-refractivity contribution is -0.119. The summed E-state index contributed by atoms with van der Waals surface area (Å²) >= 11 is 3.47. The predicted molar refractivity (Wildman–Crippen MR) is 69.6 cm³/mol. The highest BCUT2D eigenvalue weighted by Crippen LogP contribution is 2.32. The van der Waals surface area contributed by atoms with Crippen LogP contribution in [0.2, 0.25) is 0 Å². The van der Waals surface area contributed by atoms with Gasteiger partial charge in [-0.05, 0) is 46.5 Å². The molecule has 1 heterocycles. The van der Waals surface area contributed by atoms with E-state index in [0.29, 0.717) is 0 Å². The number of amides is 1. The molecule has 4 nitrogen and oxygen atoms in total. The van der Waals surface area contributed by atoms with Gasteiger partial charge in [0.2, 0.25) is 5.91 Å². The maximum absolute atomic E-state index is 11.3. The Balaban J connectivity index is 2.30. The fraction of sp³-hybridized carbons (Fsp3) is 0.417. The quantitative estimate of drug-likeness (QED) is 0.886. The molecule has 1 amide bonds. The maximum atomic E-state index is 11.3. The van der Waals surface area contributed by atoms with Crippen molar-refractivity contribution in [3.05, 3.63) is 28.2 Å². The van der Waals surface area contributed by atoms with E-state index in [2.05, 4.69) is 15.9 Å². The van der Waals surface area contributed by atoms with E-state index < -0.39 is 0 Å². The molecule has 2 rings (SSSR count). The van der Waals surface area contributed by atoms with Crippen molar-refractivity contribution in [3.63, 3.8) is 0 Å². The van der Waals surface area contributed by atoms with Crippen LogP contribution in [-0.4, -0.2) is 23.6 Å². The second-order valence-electron chi connectivity index (χ2n) is 4.20. The molecular formula is C12H15BrN2O2. The average molecular weight is 299 g/mol. The van der Waals surface area contributed by atoms with Gasteiger partial charge in [-0.15, -0.1) is 0 Å². The molecular weight excluding hydrogens is 284 g/mol. The zero-order chi connectivity index (χ0) is 12.4. The lowest BCUT2D eigenvalue weighted by Gasteiger charge is -2.25. The number of aliphatic hydroxyl groups excluding tert-OH is 1. The topological polar surface area (TPSA) is 66.6 Å². The number of hydrogen-bond donors (Lipinski definition) is 2. The highest BCUT2D eigenvalue weighted by molar-refractivity contribution is 9.10. The summed E-state index contributed by atoms with van der Waals surface area (Å²) in [6, 6.07) is 5.42. The normalized spacial score (nSPS) is 19.6. The predicted octanol–water partition coefficient (Wildman–Crippen LogP) is 1.40. The minimum Gasteiger partial charge on any atom is -0.392 e. The summed E-state index contributed by atoms with van der Waals surface area (Å²) < 4.78 is 0.886. The van der Waals surface area contributed by atoms with Crippen LogP contribution >= 0.6 is 15.9 Å². The number of benzene rings is 1. The molecule has 0 spiro atoms. The van der Waals surface area contributed by atoms with Gasteiger partial charge in [0, 0.05) is 11.0 Å². The number of nitrogens with zero attached hydrogens (tertiary/aromatic N) is 1. The van der Waals surface area contributed by atoms with Crippen LogP contribution in [0.3, 0.4) is 0 Å². The minimum absolute atomic E-state index is 0.0120. The van der Waals surface area contributed by atoms with Crippen LogP contribution in [-0.2, 0) is 11.4 Å². The molecule has 1 aromatic rings. The number of primary amides is 1. The van der Waals surface area contributed by atoms with Gasteiger partial charge in [-0.2, -0.15) is 0 Å². The third kappa shape index (κ3) is 2.45. The van der Waals surface area contributed by atoms with Crippen LogP contribution in [0.5, 0.6) is 0 Å². The van der Waals surface area contributed by atoms with Crippen LogP contribution in [0.15, 0.2) is 22.7 Å². The second kappa shape index (κ2) is 5.06. The smallest absolute Gasteiger partial charge is 0.240 e. The lowest BCUT2D eigenvalue weighted by atomic mass is 10.1. The summed E-state index contributed by atoms with van der Waals surface area (Å²) in [4.78, 5) is 13.4. The van der Waals surface area contributed by atoms with Crippen LogP contribution < -0.4 is 10.6 Å². The summed E-state index contributed by atoms with van der Waals surface area (Å²) in [5.74, 6) is -0.277. The highest BCUT2D eigenvalue weighted by atomic mass is 79.9. The zero-order valence-corrected chi connectivity index (χ0v) is 11.0. The Morgan fingerprint density at radius 3 is 2.94 bits per heavy atom. The number of carbonyl (C=O) groups is 1. The summed E-state index contributed by atoms with van der Waals surface area (Å²) in [6.45, 7) is 0.850. The van der Waals surface area contributed by atoms with Crippen molar-refractivity contribution in [1.82, 2.24) is 0 Å². The van der Waals surface area contributed by atoms with Gasteiger partial charge in [0.25, 0.3) is 0 Å². The van der Waals surface area contributed by atoms with Crippen LogP contribution in [0.1, 0.15) is 18.4 Å². The van der Waals surface area contributed by atoms with Gasteiger partial charge in [0.15, 0.2) is 0 Å². The van der Waals surface area contributed by atoms with Crippen LogP contribution in [0, 0.1) is 0 Å². The van der Waals surface area contributed by atoms with Crippen molar-refractivity contribution >= 4 is 27.5 Å². The Labute approximate surface area is 109 Å². The number of hydrogen-bond acceptors (Lipinski definition) is 3. The standard InChI is InChI=1S/C12H15BrN2O2/c13-9-6-8(7-16)3-4-10(9)15-5-1-2-11(15)12(14)17/h3-4,6,11,16H,1-2,5,7H2,(H2,14,17). The number of anilines is 1. The molecule has 0 radical (unpaired) electrons. The van der Waals surface area contributed by atoms with Crippen LogP contribution in [0.4, 0.5) is 5.69 Å². The fourth-order valence-electron chi connectivity index (χ4n) is 2.23. The molecule has 92 valence electrons. The molecule has 0 aromatic heterocycles. The molecule has 1 fully saturated rings. The van der Waals surface area contributed by atoms with E-state index in [-0.39, 0.29) is 18.6 Å². The van der Waals surface area contributed by atoms with Crippen molar-refractivity contribution in [2.24, 2.45) is 5.73 Å². The molecule has 17 heavy (non-hydrogen) atoms. The van der Waals surface area contributed by atoms with E-state index in [1.54, 1.807) is 0 Å². The molecule has 1 saturated heterocycles. The fourth-order valence-corrected chi connectivity index (χ4v) is 2.89.